The molecule has 0 radical (unpaired) electrons. The Morgan fingerprint density at radius 2 is 2.00 bits per heavy atom. The second-order valence-electron chi connectivity index (χ2n) is 3.81. The van der Waals surface area contributed by atoms with E-state index >= 15 is 0 Å². The number of hydrogen-bond donors (Lipinski definition) is 1. The fourth-order valence-corrected chi connectivity index (χ4v) is 1.60. The average molecular weight is 268 g/mol. The van der Waals surface area contributed by atoms with E-state index in [1.165, 1.54) is 12.1 Å². The molecule has 0 spiro atoms. The summed E-state index contributed by atoms with van der Waals surface area (Å²) < 4.78 is 18.6. The molecule has 0 aliphatic rings. The molecule has 0 bridgehead atoms. The quantitative estimate of drug-likeness (QED) is 0.849. The molecule has 2 N–H and O–H groups in total. The third-order valence-electron chi connectivity index (χ3n) is 2.42. The SMILES string of the molecule is Cc1cc(Oc2nc(Cl)nc(C)c2N)ccc1F. The van der Waals surface area contributed by atoms with Crippen LogP contribution in [0, 0.1) is 19.7 Å². The second-order valence-corrected chi connectivity index (χ2v) is 4.15. The van der Waals surface area contributed by atoms with Crippen LogP contribution in [0.15, 0.2) is 18.2 Å². The summed E-state index contributed by atoms with van der Waals surface area (Å²) in [5, 5.41) is 0.0514. The summed E-state index contributed by atoms with van der Waals surface area (Å²) in [5.74, 6) is 0.306. The molecule has 0 atom stereocenters. The maximum Gasteiger partial charge on any atom is 0.247 e. The molecule has 94 valence electrons. The van der Waals surface area contributed by atoms with E-state index in [0.29, 0.717) is 22.7 Å². The summed E-state index contributed by atoms with van der Waals surface area (Å²) >= 11 is 5.73. The summed E-state index contributed by atoms with van der Waals surface area (Å²) in [6.45, 7) is 3.34. The summed E-state index contributed by atoms with van der Waals surface area (Å²) in [6.07, 6.45) is 0. The van der Waals surface area contributed by atoms with E-state index in [-0.39, 0.29) is 17.0 Å². The zero-order valence-corrected chi connectivity index (χ0v) is 10.6. The predicted octanol–water partition coefficient (Wildman–Crippen LogP) is 3.26. The molecule has 0 saturated heterocycles. The number of nitrogen functional groups attached to an aromatic ring is 1. The second kappa shape index (κ2) is 4.78. The van der Waals surface area contributed by atoms with Gasteiger partial charge in [-0.25, -0.2) is 9.37 Å². The van der Waals surface area contributed by atoms with E-state index in [2.05, 4.69) is 9.97 Å². The fourth-order valence-electron chi connectivity index (χ4n) is 1.39. The number of aromatic nitrogens is 2. The number of anilines is 1. The summed E-state index contributed by atoms with van der Waals surface area (Å²) in [4.78, 5) is 7.79. The van der Waals surface area contributed by atoms with Crippen LogP contribution < -0.4 is 10.5 Å². The maximum atomic E-state index is 13.1. The highest BCUT2D eigenvalue weighted by Crippen LogP contribution is 2.28. The number of rotatable bonds is 2. The molecule has 1 aromatic carbocycles. The van der Waals surface area contributed by atoms with Gasteiger partial charge in [0, 0.05) is 0 Å². The first-order chi connectivity index (χ1) is 8.47. The van der Waals surface area contributed by atoms with Crippen LogP contribution >= 0.6 is 11.6 Å². The van der Waals surface area contributed by atoms with Gasteiger partial charge in [-0.3, -0.25) is 0 Å². The van der Waals surface area contributed by atoms with Crippen LogP contribution in [-0.2, 0) is 0 Å². The van der Waals surface area contributed by atoms with Crippen molar-refractivity contribution < 1.29 is 9.13 Å². The van der Waals surface area contributed by atoms with Gasteiger partial charge in [0.15, 0.2) is 0 Å². The van der Waals surface area contributed by atoms with Gasteiger partial charge in [0.05, 0.1) is 5.69 Å². The standard InChI is InChI=1S/C12H11ClFN3O/c1-6-5-8(3-4-9(6)14)18-11-10(15)7(2)16-12(13)17-11/h3-5H,15H2,1-2H3. The Kier molecular flexibility index (Phi) is 3.34. The Morgan fingerprint density at radius 1 is 1.28 bits per heavy atom. The van der Waals surface area contributed by atoms with Gasteiger partial charge in [0.1, 0.15) is 17.3 Å². The molecular formula is C12H11ClFN3O. The van der Waals surface area contributed by atoms with Crippen molar-refractivity contribution in [2.24, 2.45) is 0 Å². The third-order valence-corrected chi connectivity index (χ3v) is 2.59. The number of nitrogens with zero attached hydrogens (tertiary/aromatic N) is 2. The zero-order chi connectivity index (χ0) is 13.3. The van der Waals surface area contributed by atoms with Crippen LogP contribution in [0.4, 0.5) is 10.1 Å². The molecule has 1 heterocycles. The fraction of sp³-hybridized carbons (Fsp3) is 0.167. The molecule has 6 heteroatoms. The molecule has 0 aliphatic heterocycles. The number of nitrogens with two attached hydrogens (primary N) is 1. The van der Waals surface area contributed by atoms with Gasteiger partial charge < -0.3 is 10.5 Å². The lowest BCUT2D eigenvalue weighted by Crippen LogP contribution is -2.01. The highest BCUT2D eigenvalue weighted by molar-refractivity contribution is 6.28. The zero-order valence-electron chi connectivity index (χ0n) is 9.87. The van der Waals surface area contributed by atoms with E-state index in [1.807, 2.05) is 0 Å². The molecule has 0 amide bonds. The lowest BCUT2D eigenvalue weighted by Gasteiger charge is -2.09. The van der Waals surface area contributed by atoms with E-state index in [1.54, 1.807) is 19.9 Å². The van der Waals surface area contributed by atoms with Crippen molar-refractivity contribution in [2.45, 2.75) is 13.8 Å². The van der Waals surface area contributed by atoms with Crippen LogP contribution in [0.25, 0.3) is 0 Å². The van der Waals surface area contributed by atoms with Crippen molar-refractivity contribution in [1.82, 2.24) is 9.97 Å². The Morgan fingerprint density at radius 3 is 2.67 bits per heavy atom. The molecule has 0 saturated carbocycles. The average Bonchev–Trinajstić information content (AvgIpc) is 2.30. The lowest BCUT2D eigenvalue weighted by atomic mass is 10.2. The Labute approximate surface area is 109 Å². The predicted molar refractivity (Wildman–Crippen MR) is 67.4 cm³/mol. The first-order valence-corrected chi connectivity index (χ1v) is 5.59. The van der Waals surface area contributed by atoms with E-state index < -0.39 is 0 Å². The minimum atomic E-state index is -0.299. The van der Waals surface area contributed by atoms with Crippen molar-refractivity contribution >= 4 is 17.3 Å². The van der Waals surface area contributed by atoms with Gasteiger partial charge in [-0.05, 0) is 49.2 Å². The molecule has 1 aromatic heterocycles. The Hall–Kier alpha value is -1.88. The highest BCUT2D eigenvalue weighted by Gasteiger charge is 2.10. The van der Waals surface area contributed by atoms with Crippen LogP contribution in [0.2, 0.25) is 5.28 Å². The van der Waals surface area contributed by atoms with Gasteiger partial charge in [-0.2, -0.15) is 4.98 Å². The first kappa shape index (κ1) is 12.6. The molecule has 0 fully saturated rings. The van der Waals surface area contributed by atoms with Gasteiger partial charge in [0.25, 0.3) is 0 Å². The molecule has 2 aromatic rings. The minimum absolute atomic E-state index is 0.0514. The number of ether oxygens (including phenoxy) is 1. The van der Waals surface area contributed by atoms with E-state index in [9.17, 15) is 4.39 Å². The number of halogens is 2. The van der Waals surface area contributed by atoms with Gasteiger partial charge in [-0.15, -0.1) is 0 Å². The molecule has 2 rings (SSSR count). The normalized spacial score (nSPS) is 10.4. The molecule has 4 nitrogen and oxygen atoms in total. The van der Waals surface area contributed by atoms with Gasteiger partial charge in [0.2, 0.25) is 11.2 Å². The Bertz CT molecular complexity index is 604. The smallest absolute Gasteiger partial charge is 0.247 e. The van der Waals surface area contributed by atoms with E-state index in [4.69, 9.17) is 22.1 Å². The summed E-state index contributed by atoms with van der Waals surface area (Å²) in [5.41, 5.74) is 7.10. The van der Waals surface area contributed by atoms with E-state index in [0.717, 1.165) is 0 Å². The van der Waals surface area contributed by atoms with Crippen LogP contribution in [0.1, 0.15) is 11.3 Å². The van der Waals surface area contributed by atoms with Crippen molar-refractivity contribution in [3.05, 3.63) is 40.6 Å². The topological polar surface area (TPSA) is 61.0 Å². The summed E-state index contributed by atoms with van der Waals surface area (Å²) in [7, 11) is 0. The highest BCUT2D eigenvalue weighted by atomic mass is 35.5. The molecule has 0 unspecified atom stereocenters. The monoisotopic (exact) mass is 267 g/mol. The van der Waals surface area contributed by atoms with Crippen molar-refractivity contribution in [1.29, 1.82) is 0 Å². The summed E-state index contributed by atoms with van der Waals surface area (Å²) in [6, 6.07) is 4.36. The van der Waals surface area contributed by atoms with Crippen LogP contribution in [-0.4, -0.2) is 9.97 Å². The molecule has 18 heavy (non-hydrogen) atoms. The van der Waals surface area contributed by atoms with Crippen LogP contribution in [0.3, 0.4) is 0 Å². The lowest BCUT2D eigenvalue weighted by molar-refractivity contribution is 0.461. The largest absolute Gasteiger partial charge is 0.437 e. The van der Waals surface area contributed by atoms with Crippen molar-refractivity contribution in [2.75, 3.05) is 5.73 Å². The minimum Gasteiger partial charge on any atom is -0.437 e. The maximum absolute atomic E-state index is 13.1. The molecular weight excluding hydrogens is 257 g/mol. The van der Waals surface area contributed by atoms with Crippen molar-refractivity contribution in [3.63, 3.8) is 0 Å². The number of benzene rings is 1. The third kappa shape index (κ3) is 2.51. The van der Waals surface area contributed by atoms with Crippen molar-refractivity contribution in [3.8, 4) is 11.6 Å². The van der Waals surface area contributed by atoms with Gasteiger partial charge in [-0.1, -0.05) is 0 Å². The van der Waals surface area contributed by atoms with Crippen LogP contribution in [0.5, 0.6) is 11.6 Å². The number of hydrogen-bond acceptors (Lipinski definition) is 4. The van der Waals surface area contributed by atoms with Gasteiger partial charge >= 0.3 is 0 Å². The first-order valence-electron chi connectivity index (χ1n) is 5.21. The Balaban J connectivity index is 2.36. The number of aryl methyl sites for hydroxylation is 2. The molecule has 0 aliphatic carbocycles.